The second-order valence-corrected chi connectivity index (χ2v) is 4.84. The summed E-state index contributed by atoms with van der Waals surface area (Å²) < 4.78 is 0. The number of rotatable bonds is 6. The zero-order chi connectivity index (χ0) is 13.7. The molecule has 0 radical (unpaired) electrons. The van der Waals surface area contributed by atoms with Crippen molar-refractivity contribution in [2.24, 2.45) is 0 Å². The first-order valence-corrected chi connectivity index (χ1v) is 6.98. The number of hydrogen-bond acceptors (Lipinski definition) is 1. The lowest BCUT2D eigenvalue weighted by Crippen LogP contribution is -2.26. The van der Waals surface area contributed by atoms with E-state index in [0.29, 0.717) is 5.69 Å². The van der Waals surface area contributed by atoms with Gasteiger partial charge in [0.05, 0.1) is 6.57 Å². The van der Waals surface area contributed by atoms with Gasteiger partial charge in [0.1, 0.15) is 0 Å². The van der Waals surface area contributed by atoms with Crippen LogP contribution in [0.2, 0.25) is 0 Å². The number of likely N-dealkylation sites (N-methyl/N-ethyl adjacent to an activating group) is 1. The SMILES string of the molecule is [C-]#[N+]c1ccc2[nH]cc(CCN(CC)CCC)c2c1. The van der Waals surface area contributed by atoms with Crippen LogP contribution in [-0.4, -0.2) is 29.5 Å². The van der Waals surface area contributed by atoms with Crippen molar-refractivity contribution in [3.63, 3.8) is 0 Å². The van der Waals surface area contributed by atoms with Gasteiger partial charge in [-0.15, -0.1) is 0 Å². The van der Waals surface area contributed by atoms with E-state index in [0.717, 1.165) is 31.6 Å². The highest BCUT2D eigenvalue weighted by Gasteiger charge is 2.07. The highest BCUT2D eigenvalue weighted by molar-refractivity contribution is 5.86. The molecule has 100 valence electrons. The van der Waals surface area contributed by atoms with Crippen LogP contribution in [0.3, 0.4) is 0 Å². The van der Waals surface area contributed by atoms with Gasteiger partial charge in [0.15, 0.2) is 5.69 Å². The number of H-pyrrole nitrogens is 1. The molecule has 0 spiro atoms. The van der Waals surface area contributed by atoms with E-state index in [1.165, 1.54) is 17.4 Å². The first kappa shape index (κ1) is 13.6. The zero-order valence-corrected chi connectivity index (χ0v) is 11.7. The summed E-state index contributed by atoms with van der Waals surface area (Å²) in [5, 5.41) is 1.20. The molecule has 3 nitrogen and oxygen atoms in total. The topological polar surface area (TPSA) is 23.4 Å². The van der Waals surface area contributed by atoms with Crippen molar-refractivity contribution in [3.8, 4) is 0 Å². The van der Waals surface area contributed by atoms with Crippen LogP contribution in [0, 0.1) is 6.57 Å². The minimum absolute atomic E-state index is 0.717. The van der Waals surface area contributed by atoms with Crippen LogP contribution in [0.4, 0.5) is 5.69 Å². The quantitative estimate of drug-likeness (QED) is 0.775. The summed E-state index contributed by atoms with van der Waals surface area (Å²) in [5.41, 5.74) is 3.16. The van der Waals surface area contributed by atoms with E-state index in [1.807, 2.05) is 18.2 Å². The number of hydrogen-bond donors (Lipinski definition) is 1. The van der Waals surface area contributed by atoms with Gasteiger partial charge in [0.25, 0.3) is 0 Å². The third kappa shape index (κ3) is 3.15. The van der Waals surface area contributed by atoms with Gasteiger partial charge in [0.2, 0.25) is 0 Å². The van der Waals surface area contributed by atoms with Crippen LogP contribution in [0.1, 0.15) is 25.8 Å². The molecular formula is C16H21N3. The van der Waals surface area contributed by atoms with E-state index in [4.69, 9.17) is 6.57 Å². The Hall–Kier alpha value is -1.79. The third-order valence-electron chi connectivity index (χ3n) is 3.56. The summed E-state index contributed by atoms with van der Waals surface area (Å²) in [6, 6.07) is 5.85. The van der Waals surface area contributed by atoms with Crippen LogP contribution in [-0.2, 0) is 6.42 Å². The Labute approximate surface area is 115 Å². The molecule has 3 heteroatoms. The predicted molar refractivity (Wildman–Crippen MR) is 80.7 cm³/mol. The van der Waals surface area contributed by atoms with Crippen LogP contribution >= 0.6 is 0 Å². The molecule has 0 fully saturated rings. The molecule has 0 aliphatic rings. The Morgan fingerprint density at radius 1 is 1.26 bits per heavy atom. The first-order valence-electron chi connectivity index (χ1n) is 6.98. The summed E-state index contributed by atoms with van der Waals surface area (Å²) in [6.45, 7) is 14.9. The largest absolute Gasteiger partial charge is 0.361 e. The molecule has 1 aromatic heterocycles. The predicted octanol–water partition coefficient (Wildman–Crippen LogP) is 3.99. The Balaban J connectivity index is 2.14. The lowest BCUT2D eigenvalue weighted by atomic mass is 10.1. The van der Waals surface area contributed by atoms with Crippen LogP contribution in [0.5, 0.6) is 0 Å². The third-order valence-corrected chi connectivity index (χ3v) is 3.56. The molecule has 0 aliphatic heterocycles. The van der Waals surface area contributed by atoms with Gasteiger partial charge in [0, 0.05) is 18.3 Å². The number of nitrogens with zero attached hydrogens (tertiary/aromatic N) is 2. The van der Waals surface area contributed by atoms with Gasteiger partial charge in [-0.3, -0.25) is 0 Å². The summed E-state index contributed by atoms with van der Waals surface area (Å²) in [6.07, 6.45) is 4.32. The average Bonchev–Trinajstić information content (AvgIpc) is 2.85. The standard InChI is InChI=1S/C16H21N3/c1-4-9-19(5-2)10-8-13-12-18-16-7-6-14(17-3)11-15(13)16/h6-7,11-12,18H,4-5,8-10H2,1-2H3. The van der Waals surface area contributed by atoms with E-state index in [1.54, 1.807) is 0 Å². The molecule has 0 atom stereocenters. The van der Waals surface area contributed by atoms with Crippen molar-refractivity contribution in [2.45, 2.75) is 26.7 Å². The normalized spacial score (nSPS) is 11.1. The van der Waals surface area contributed by atoms with Gasteiger partial charge in [-0.05, 0) is 49.0 Å². The molecular weight excluding hydrogens is 234 g/mol. The highest BCUT2D eigenvalue weighted by atomic mass is 15.1. The minimum atomic E-state index is 0.717. The van der Waals surface area contributed by atoms with E-state index < -0.39 is 0 Å². The highest BCUT2D eigenvalue weighted by Crippen LogP contribution is 2.24. The number of aromatic amines is 1. The number of fused-ring (bicyclic) bond motifs is 1. The number of nitrogens with one attached hydrogen (secondary N) is 1. The monoisotopic (exact) mass is 255 g/mol. The summed E-state index contributed by atoms with van der Waals surface area (Å²) in [5.74, 6) is 0. The van der Waals surface area contributed by atoms with Gasteiger partial charge >= 0.3 is 0 Å². The molecule has 19 heavy (non-hydrogen) atoms. The van der Waals surface area contributed by atoms with E-state index in [9.17, 15) is 0 Å². The van der Waals surface area contributed by atoms with Gasteiger partial charge < -0.3 is 9.88 Å². The van der Waals surface area contributed by atoms with E-state index >= 15 is 0 Å². The number of benzene rings is 1. The van der Waals surface area contributed by atoms with Crippen LogP contribution in [0.25, 0.3) is 15.7 Å². The Morgan fingerprint density at radius 2 is 2.11 bits per heavy atom. The second-order valence-electron chi connectivity index (χ2n) is 4.84. The van der Waals surface area contributed by atoms with E-state index in [2.05, 4.69) is 34.8 Å². The lowest BCUT2D eigenvalue weighted by molar-refractivity contribution is 0.293. The Morgan fingerprint density at radius 3 is 2.79 bits per heavy atom. The molecule has 0 amide bonds. The van der Waals surface area contributed by atoms with Crippen molar-refractivity contribution in [1.82, 2.24) is 9.88 Å². The molecule has 0 saturated heterocycles. The van der Waals surface area contributed by atoms with E-state index in [-0.39, 0.29) is 0 Å². The Bertz CT molecular complexity index is 577. The molecule has 0 bridgehead atoms. The molecule has 1 aromatic carbocycles. The smallest absolute Gasteiger partial charge is 0.187 e. The van der Waals surface area contributed by atoms with Crippen molar-refractivity contribution in [1.29, 1.82) is 0 Å². The maximum absolute atomic E-state index is 7.10. The molecule has 1 heterocycles. The van der Waals surface area contributed by atoms with Crippen molar-refractivity contribution >= 4 is 16.6 Å². The first-order chi connectivity index (χ1) is 9.28. The fourth-order valence-corrected chi connectivity index (χ4v) is 2.47. The van der Waals surface area contributed by atoms with Crippen molar-refractivity contribution < 1.29 is 0 Å². The summed E-state index contributed by atoms with van der Waals surface area (Å²) in [4.78, 5) is 9.27. The van der Waals surface area contributed by atoms with Crippen molar-refractivity contribution in [2.75, 3.05) is 19.6 Å². The molecule has 0 aliphatic carbocycles. The van der Waals surface area contributed by atoms with Crippen molar-refractivity contribution in [3.05, 3.63) is 41.4 Å². The fraction of sp³-hybridized carbons (Fsp3) is 0.438. The van der Waals surface area contributed by atoms with Gasteiger partial charge in [-0.25, -0.2) is 4.85 Å². The molecule has 2 aromatic rings. The second kappa shape index (κ2) is 6.40. The molecule has 2 rings (SSSR count). The maximum Gasteiger partial charge on any atom is 0.187 e. The summed E-state index contributed by atoms with van der Waals surface area (Å²) in [7, 11) is 0. The maximum atomic E-state index is 7.10. The van der Waals surface area contributed by atoms with Crippen LogP contribution in [0.15, 0.2) is 24.4 Å². The van der Waals surface area contributed by atoms with Crippen LogP contribution < -0.4 is 0 Å². The molecule has 0 unspecified atom stereocenters. The zero-order valence-electron chi connectivity index (χ0n) is 11.7. The van der Waals surface area contributed by atoms with Gasteiger partial charge in [-0.1, -0.05) is 19.9 Å². The molecule has 0 saturated carbocycles. The molecule has 1 N–H and O–H groups in total. The number of aromatic nitrogens is 1. The lowest BCUT2D eigenvalue weighted by Gasteiger charge is -2.19. The average molecular weight is 255 g/mol. The van der Waals surface area contributed by atoms with Gasteiger partial charge in [-0.2, -0.15) is 0 Å². The Kier molecular flexibility index (Phi) is 4.59. The minimum Gasteiger partial charge on any atom is -0.361 e. The fourth-order valence-electron chi connectivity index (χ4n) is 2.47. The summed E-state index contributed by atoms with van der Waals surface area (Å²) >= 11 is 0.